The summed E-state index contributed by atoms with van der Waals surface area (Å²) in [7, 11) is 3.37. The number of carbonyl (C=O) groups excluding carboxylic acids is 2. The Balaban J connectivity index is 0.00000384. The van der Waals surface area contributed by atoms with Gasteiger partial charge in [0.05, 0.1) is 18.7 Å². The maximum absolute atomic E-state index is 14.3. The van der Waals surface area contributed by atoms with E-state index in [1.807, 2.05) is 28.0 Å². The van der Waals surface area contributed by atoms with Crippen LogP contribution in [-0.4, -0.2) is 111 Å². The second-order valence-electron chi connectivity index (χ2n) is 13.6. The van der Waals surface area contributed by atoms with Crippen molar-refractivity contribution >= 4 is 60.5 Å². The quantitative estimate of drug-likeness (QED) is 0.294. The van der Waals surface area contributed by atoms with E-state index in [-0.39, 0.29) is 72.3 Å². The van der Waals surface area contributed by atoms with E-state index in [9.17, 15) is 9.59 Å². The monoisotopic (exact) mass is 731 g/mol. The van der Waals surface area contributed by atoms with Crippen LogP contribution >= 0.6 is 37.2 Å². The van der Waals surface area contributed by atoms with Crippen LogP contribution in [0.4, 0.5) is 11.5 Å². The predicted octanol–water partition coefficient (Wildman–Crippen LogP) is 4.92. The molecule has 0 unspecified atom stereocenters. The molecule has 3 heterocycles. The number of hydrogen-bond acceptors (Lipinski definition) is 9. The van der Waals surface area contributed by atoms with E-state index in [1.165, 1.54) is 0 Å². The highest BCUT2D eigenvalue weighted by atomic mass is 35.5. The van der Waals surface area contributed by atoms with Gasteiger partial charge in [0, 0.05) is 83.7 Å². The lowest BCUT2D eigenvalue weighted by Crippen LogP contribution is -2.57. The molecule has 1 aromatic carbocycles. The van der Waals surface area contributed by atoms with Crippen molar-refractivity contribution < 1.29 is 19.1 Å². The number of benzene rings is 1. The molecule has 14 heteroatoms. The fraction of sp³-hybridized carbons (Fsp3) is 0.647. The fourth-order valence-corrected chi connectivity index (χ4v) is 6.07. The standard InChI is InChI=1S/C34H53N7O4.3ClH/c1-24(2)23-41(32(43)27-22-37-33(34(3,4)5)38-30(27)36-13-10-18-44-6)26-19-25(20-35-21-26)31(42)40-16-14-39(15-17-40)28-11-8-9-12-29(28)45-7;;;/h8-9,11-12,22,24-26,35H,10,13-21,23H2,1-7H3,(H,36,37,38);3*1H/t25-,26+;;;/m1.../s1. The second kappa shape index (κ2) is 20.2. The maximum atomic E-state index is 14.3. The van der Waals surface area contributed by atoms with Gasteiger partial charge in [0.1, 0.15) is 23.0 Å². The minimum absolute atomic E-state index is 0. The second-order valence-corrected chi connectivity index (χ2v) is 13.6. The molecule has 2 fully saturated rings. The summed E-state index contributed by atoms with van der Waals surface area (Å²) in [6.07, 6.45) is 3.08. The zero-order chi connectivity index (χ0) is 32.6. The molecule has 0 radical (unpaired) electrons. The molecule has 0 aliphatic carbocycles. The highest BCUT2D eigenvalue weighted by Gasteiger charge is 2.37. The number of nitrogens with one attached hydrogen (secondary N) is 2. The Bertz CT molecular complexity index is 1290. The molecule has 0 spiro atoms. The lowest BCUT2D eigenvalue weighted by atomic mass is 9.92. The molecule has 2 aliphatic heterocycles. The van der Waals surface area contributed by atoms with Gasteiger partial charge in [0.15, 0.2) is 0 Å². The number of piperazine rings is 1. The maximum Gasteiger partial charge on any atom is 0.259 e. The number of anilines is 2. The Morgan fingerprint density at radius 2 is 1.75 bits per heavy atom. The van der Waals surface area contributed by atoms with Gasteiger partial charge in [-0.05, 0) is 30.9 Å². The first-order valence-corrected chi connectivity index (χ1v) is 16.3. The number of nitrogens with zero attached hydrogens (tertiary/aromatic N) is 5. The summed E-state index contributed by atoms with van der Waals surface area (Å²) in [5.74, 6) is 2.17. The normalized spacial score (nSPS) is 17.8. The largest absolute Gasteiger partial charge is 0.495 e. The molecular formula is C34H56Cl3N7O4. The van der Waals surface area contributed by atoms with E-state index < -0.39 is 0 Å². The van der Waals surface area contributed by atoms with Gasteiger partial charge in [-0.2, -0.15) is 0 Å². The summed E-state index contributed by atoms with van der Waals surface area (Å²) in [5.41, 5.74) is 1.25. The van der Waals surface area contributed by atoms with Crippen molar-refractivity contribution in [2.45, 2.75) is 58.9 Å². The summed E-state index contributed by atoms with van der Waals surface area (Å²) in [6.45, 7) is 16.3. The molecule has 48 heavy (non-hydrogen) atoms. The van der Waals surface area contributed by atoms with Crippen LogP contribution in [0.2, 0.25) is 0 Å². The van der Waals surface area contributed by atoms with Crippen molar-refractivity contribution in [3.05, 3.63) is 41.9 Å². The molecule has 1 aromatic heterocycles. The third-order valence-electron chi connectivity index (χ3n) is 8.46. The molecule has 2 aliphatic rings. The summed E-state index contributed by atoms with van der Waals surface area (Å²) in [4.78, 5) is 43.7. The van der Waals surface area contributed by atoms with E-state index in [2.05, 4.69) is 61.2 Å². The molecule has 11 nitrogen and oxygen atoms in total. The van der Waals surface area contributed by atoms with E-state index in [1.54, 1.807) is 20.4 Å². The lowest BCUT2D eigenvalue weighted by Gasteiger charge is -2.42. The molecule has 0 bridgehead atoms. The predicted molar refractivity (Wildman–Crippen MR) is 200 cm³/mol. The minimum atomic E-state index is -0.262. The van der Waals surface area contributed by atoms with Gasteiger partial charge < -0.3 is 34.8 Å². The van der Waals surface area contributed by atoms with Gasteiger partial charge in [-0.25, -0.2) is 9.97 Å². The van der Waals surface area contributed by atoms with Crippen LogP contribution in [0.1, 0.15) is 63.6 Å². The van der Waals surface area contributed by atoms with Crippen LogP contribution in [0.3, 0.4) is 0 Å². The average molecular weight is 733 g/mol. The van der Waals surface area contributed by atoms with E-state index >= 15 is 0 Å². The van der Waals surface area contributed by atoms with Crippen LogP contribution < -0.4 is 20.3 Å². The minimum Gasteiger partial charge on any atom is -0.495 e. The smallest absolute Gasteiger partial charge is 0.259 e. The fourth-order valence-electron chi connectivity index (χ4n) is 6.07. The van der Waals surface area contributed by atoms with Gasteiger partial charge in [0.2, 0.25) is 5.91 Å². The zero-order valence-electron chi connectivity index (χ0n) is 29.5. The molecule has 2 N–H and O–H groups in total. The molecule has 2 saturated heterocycles. The van der Waals surface area contributed by atoms with E-state index in [0.29, 0.717) is 69.5 Å². The Morgan fingerprint density at radius 1 is 1.06 bits per heavy atom. The van der Waals surface area contributed by atoms with Crippen molar-refractivity contribution in [1.82, 2.24) is 25.1 Å². The number of methoxy groups -OCH3 is 2. The number of ether oxygens (including phenoxy) is 2. The number of piperidine rings is 1. The van der Waals surface area contributed by atoms with Gasteiger partial charge in [0.25, 0.3) is 5.91 Å². The van der Waals surface area contributed by atoms with E-state index in [0.717, 1.165) is 30.9 Å². The number of aromatic nitrogens is 2. The summed E-state index contributed by atoms with van der Waals surface area (Å²) in [5, 5.41) is 6.86. The van der Waals surface area contributed by atoms with Crippen molar-refractivity contribution in [3.8, 4) is 5.75 Å². The highest BCUT2D eigenvalue weighted by Crippen LogP contribution is 2.30. The highest BCUT2D eigenvalue weighted by molar-refractivity contribution is 5.98. The van der Waals surface area contributed by atoms with Gasteiger partial charge >= 0.3 is 0 Å². The molecule has 2 aromatic rings. The van der Waals surface area contributed by atoms with Crippen LogP contribution in [0, 0.1) is 11.8 Å². The first kappa shape index (κ1) is 43.5. The molecule has 4 rings (SSSR count). The Kier molecular flexibility index (Phi) is 18.3. The van der Waals surface area contributed by atoms with E-state index in [4.69, 9.17) is 14.5 Å². The average Bonchev–Trinajstić information content (AvgIpc) is 3.04. The molecule has 2 amide bonds. The van der Waals surface area contributed by atoms with Crippen molar-refractivity contribution in [1.29, 1.82) is 0 Å². The molecule has 272 valence electrons. The Hall–Kier alpha value is -2.57. The number of hydrogen-bond donors (Lipinski definition) is 2. The van der Waals surface area contributed by atoms with Crippen molar-refractivity contribution in [2.75, 3.05) is 83.4 Å². The third kappa shape index (κ3) is 11.2. The van der Waals surface area contributed by atoms with Crippen LogP contribution in [0.5, 0.6) is 5.75 Å². The molecule has 0 saturated carbocycles. The van der Waals surface area contributed by atoms with Gasteiger partial charge in [-0.1, -0.05) is 46.8 Å². The molecule has 2 atom stereocenters. The number of carbonyl (C=O) groups is 2. The zero-order valence-corrected chi connectivity index (χ0v) is 31.9. The van der Waals surface area contributed by atoms with Gasteiger partial charge in [-0.3, -0.25) is 9.59 Å². The summed E-state index contributed by atoms with van der Waals surface area (Å²) >= 11 is 0. The summed E-state index contributed by atoms with van der Waals surface area (Å²) < 4.78 is 10.8. The van der Waals surface area contributed by atoms with Gasteiger partial charge in [-0.15, -0.1) is 37.2 Å². The topological polar surface area (TPSA) is 112 Å². The lowest BCUT2D eigenvalue weighted by molar-refractivity contribution is -0.137. The summed E-state index contributed by atoms with van der Waals surface area (Å²) in [6, 6.07) is 7.89. The number of halogens is 3. The Labute approximate surface area is 305 Å². The number of rotatable bonds is 12. The molecular weight excluding hydrogens is 677 g/mol. The first-order valence-electron chi connectivity index (χ1n) is 16.3. The third-order valence-corrected chi connectivity index (χ3v) is 8.46. The SMILES string of the molecule is COCCCNc1nc(C(C)(C)C)ncc1C(=O)N(CC(C)C)[C@@H]1CNC[C@H](C(=O)N2CCN(c3ccccc3OC)CC2)C1.Cl.Cl.Cl. The van der Waals surface area contributed by atoms with Crippen LogP contribution in [-0.2, 0) is 14.9 Å². The van der Waals surface area contributed by atoms with Crippen molar-refractivity contribution in [3.63, 3.8) is 0 Å². The van der Waals surface area contributed by atoms with Crippen LogP contribution in [0.15, 0.2) is 30.5 Å². The number of amides is 2. The van der Waals surface area contributed by atoms with Crippen molar-refractivity contribution in [2.24, 2.45) is 11.8 Å². The Morgan fingerprint density at radius 3 is 2.38 bits per heavy atom. The first-order chi connectivity index (χ1) is 21.5. The number of para-hydroxylation sites is 2. The van der Waals surface area contributed by atoms with Crippen LogP contribution in [0.25, 0.3) is 0 Å².